The summed E-state index contributed by atoms with van der Waals surface area (Å²) in [5, 5.41) is 12.5. The lowest BCUT2D eigenvalue weighted by Crippen LogP contribution is -2.58. The van der Waals surface area contributed by atoms with Crippen molar-refractivity contribution in [1.29, 1.82) is 0 Å². The largest absolute Gasteiger partial charge is 0.488 e. The van der Waals surface area contributed by atoms with Crippen LogP contribution in [0.15, 0.2) is 59.0 Å². The van der Waals surface area contributed by atoms with Gasteiger partial charge in [-0.1, -0.05) is 35.9 Å². The van der Waals surface area contributed by atoms with Crippen LogP contribution in [0.25, 0.3) is 11.3 Å². The number of nitrogens with zero attached hydrogens (tertiary/aromatic N) is 3. The Morgan fingerprint density at radius 2 is 1.88 bits per heavy atom. The summed E-state index contributed by atoms with van der Waals surface area (Å²) in [4.78, 5) is 32.4. The number of ether oxygens (including phenoxy) is 1. The van der Waals surface area contributed by atoms with Crippen LogP contribution >= 0.6 is 11.3 Å². The summed E-state index contributed by atoms with van der Waals surface area (Å²) >= 11 is 1.55. The molecule has 3 fully saturated rings. The molecule has 5 rings (SSSR count). The number of carboxylic acid groups (broad SMARTS) is 1. The smallest absolute Gasteiger partial charge is 0.307 e. The second-order valence-electron chi connectivity index (χ2n) is 11.5. The van der Waals surface area contributed by atoms with Crippen LogP contribution in [-0.4, -0.2) is 65.6 Å². The first-order valence-corrected chi connectivity index (χ1v) is 14.7. The molecule has 1 aromatic heterocycles. The zero-order valence-corrected chi connectivity index (χ0v) is 24.3. The van der Waals surface area contributed by atoms with Gasteiger partial charge in [0.2, 0.25) is 5.91 Å². The number of aromatic nitrogens is 1. The topological polar surface area (TPSA) is 83.0 Å². The van der Waals surface area contributed by atoms with Gasteiger partial charge in [-0.3, -0.25) is 9.59 Å². The first-order chi connectivity index (χ1) is 19.4. The van der Waals surface area contributed by atoms with Gasteiger partial charge in [-0.15, -0.1) is 11.3 Å². The van der Waals surface area contributed by atoms with Crippen LogP contribution in [0.1, 0.15) is 32.3 Å². The molecule has 10 heteroatoms. The Kier molecular flexibility index (Phi) is 8.05. The van der Waals surface area contributed by atoms with Crippen LogP contribution < -0.4 is 9.64 Å². The van der Waals surface area contributed by atoms with E-state index in [-0.39, 0.29) is 24.4 Å². The van der Waals surface area contributed by atoms with Crippen molar-refractivity contribution in [1.82, 2.24) is 9.88 Å². The van der Waals surface area contributed by atoms with Crippen molar-refractivity contribution in [2.75, 3.05) is 37.7 Å². The molecule has 2 aliphatic heterocycles. The highest BCUT2D eigenvalue weighted by Crippen LogP contribution is 2.44. The molecule has 1 aliphatic carbocycles. The number of amides is 1. The molecule has 0 radical (unpaired) electrons. The Labute approximate surface area is 242 Å². The number of halogens is 2. The molecule has 1 saturated carbocycles. The number of carbonyl (C=O) groups is 2. The lowest BCUT2D eigenvalue weighted by atomic mass is 9.85. The molecule has 1 amide bonds. The van der Waals surface area contributed by atoms with Gasteiger partial charge in [0, 0.05) is 29.6 Å². The lowest BCUT2D eigenvalue weighted by molar-refractivity contribution is -0.161. The fourth-order valence-corrected chi connectivity index (χ4v) is 6.80. The standard InChI is InChI=1S/C31H35F2N3O4S/c1-18(2)23(7-6-20(4)28(37)36-16-31(32,33)17-36)14-40-26-10-5-19(3)11-24(26)25-15-41-30(34-25)35-12-21-8-9-22(13-35)27(21)29(38)39/h5-7,10-11,15,21-22,27H,1,8-9,12-14,16-17H2,2-4H3,(H,38,39)/b20-6+,23-7-/t21-,22+,27?. The molecule has 2 bridgehead atoms. The van der Waals surface area contributed by atoms with E-state index in [2.05, 4.69) is 11.5 Å². The van der Waals surface area contributed by atoms with Gasteiger partial charge in [0.15, 0.2) is 5.13 Å². The van der Waals surface area contributed by atoms with Crippen molar-refractivity contribution >= 4 is 28.3 Å². The number of aliphatic carboxylic acids is 1. The van der Waals surface area contributed by atoms with Crippen molar-refractivity contribution in [2.45, 2.75) is 39.5 Å². The number of piperidine rings is 1. The summed E-state index contributed by atoms with van der Waals surface area (Å²) in [6.45, 7) is 10.0. The molecule has 1 N–H and O–H groups in total. The number of carbonyl (C=O) groups excluding carboxylic acids is 1. The zero-order chi connectivity index (χ0) is 29.5. The summed E-state index contributed by atoms with van der Waals surface area (Å²) < 4.78 is 32.6. The Morgan fingerprint density at radius 3 is 2.49 bits per heavy atom. The SMILES string of the molecule is C=C(C)/C(=C\C=C(/C)C(=O)N1CC(F)(F)C1)COc1ccc(C)cc1-c1csc(N2C[C@H]3CC[C@@H](C2)C3C(=O)O)n1. The van der Waals surface area contributed by atoms with E-state index in [1.54, 1.807) is 30.4 Å². The van der Waals surface area contributed by atoms with Crippen LogP contribution in [-0.2, 0) is 9.59 Å². The number of benzene rings is 1. The molecule has 0 spiro atoms. The van der Waals surface area contributed by atoms with E-state index < -0.39 is 30.9 Å². The zero-order valence-electron chi connectivity index (χ0n) is 23.5. The van der Waals surface area contributed by atoms with E-state index in [0.29, 0.717) is 24.4 Å². The van der Waals surface area contributed by atoms with Gasteiger partial charge in [-0.2, -0.15) is 0 Å². The second kappa shape index (κ2) is 11.4. The van der Waals surface area contributed by atoms with Crippen LogP contribution in [0, 0.1) is 24.7 Å². The first kappa shape index (κ1) is 29.0. The predicted molar refractivity (Wildman–Crippen MR) is 156 cm³/mol. The van der Waals surface area contributed by atoms with Crippen LogP contribution in [0.4, 0.5) is 13.9 Å². The quantitative estimate of drug-likeness (QED) is 0.289. The van der Waals surface area contributed by atoms with E-state index in [9.17, 15) is 23.5 Å². The molecule has 7 nitrogen and oxygen atoms in total. The van der Waals surface area contributed by atoms with E-state index in [1.165, 1.54) is 0 Å². The Balaban J connectivity index is 1.29. The monoisotopic (exact) mass is 583 g/mol. The van der Waals surface area contributed by atoms with Gasteiger partial charge in [-0.05, 0) is 63.2 Å². The Bertz CT molecular complexity index is 1410. The number of aryl methyl sites for hydroxylation is 1. The normalized spacial score (nSPS) is 23.8. The number of fused-ring (bicyclic) bond motifs is 2. The molecule has 41 heavy (non-hydrogen) atoms. The van der Waals surface area contributed by atoms with Gasteiger partial charge in [0.05, 0.1) is 24.7 Å². The maximum absolute atomic E-state index is 13.2. The number of rotatable bonds is 9. The maximum atomic E-state index is 13.2. The van der Waals surface area contributed by atoms with Crippen LogP contribution in [0.2, 0.25) is 0 Å². The third-order valence-electron chi connectivity index (χ3n) is 8.23. The van der Waals surface area contributed by atoms with E-state index in [0.717, 1.165) is 50.8 Å². The number of anilines is 1. The molecular weight excluding hydrogens is 548 g/mol. The molecule has 3 atom stereocenters. The fraction of sp³-hybridized carbons (Fsp3) is 0.452. The van der Waals surface area contributed by atoms with Gasteiger partial charge >= 0.3 is 5.97 Å². The molecule has 1 aromatic carbocycles. The highest BCUT2D eigenvalue weighted by molar-refractivity contribution is 7.14. The lowest BCUT2D eigenvalue weighted by Gasteiger charge is -2.38. The van der Waals surface area contributed by atoms with Crippen molar-refractivity contribution in [3.8, 4) is 17.0 Å². The summed E-state index contributed by atoms with van der Waals surface area (Å²) in [7, 11) is 0. The van der Waals surface area contributed by atoms with Crippen LogP contribution in [0.3, 0.4) is 0 Å². The maximum Gasteiger partial charge on any atom is 0.307 e. The molecule has 3 heterocycles. The van der Waals surface area contributed by atoms with E-state index in [4.69, 9.17) is 9.72 Å². The highest BCUT2D eigenvalue weighted by atomic mass is 32.1. The molecule has 218 valence electrons. The first-order valence-electron chi connectivity index (χ1n) is 13.8. The number of likely N-dealkylation sites (tertiary alicyclic amines) is 1. The summed E-state index contributed by atoms with van der Waals surface area (Å²) in [5.41, 5.74) is 4.62. The van der Waals surface area contributed by atoms with E-state index in [1.807, 2.05) is 37.4 Å². The van der Waals surface area contributed by atoms with Crippen molar-refractivity contribution in [3.63, 3.8) is 0 Å². The summed E-state index contributed by atoms with van der Waals surface area (Å²) in [5.74, 6) is -3.18. The Morgan fingerprint density at radius 1 is 1.20 bits per heavy atom. The minimum Gasteiger partial charge on any atom is -0.488 e. The minimum atomic E-state index is -2.80. The van der Waals surface area contributed by atoms with Crippen molar-refractivity contribution < 1.29 is 28.2 Å². The van der Waals surface area contributed by atoms with Gasteiger partial charge in [0.1, 0.15) is 12.4 Å². The fourth-order valence-electron chi connectivity index (χ4n) is 5.96. The molecular formula is C31H35F2N3O4S. The van der Waals surface area contributed by atoms with Crippen molar-refractivity contribution in [3.05, 3.63) is 64.6 Å². The number of allylic oxidation sites excluding steroid dienone is 2. The van der Waals surface area contributed by atoms with Crippen LogP contribution in [0.5, 0.6) is 5.75 Å². The number of hydrogen-bond acceptors (Lipinski definition) is 6. The third-order valence-corrected chi connectivity index (χ3v) is 9.13. The summed E-state index contributed by atoms with van der Waals surface area (Å²) in [6.07, 6.45) is 5.26. The number of hydrogen-bond donors (Lipinski definition) is 1. The van der Waals surface area contributed by atoms with E-state index >= 15 is 0 Å². The summed E-state index contributed by atoms with van der Waals surface area (Å²) in [6, 6.07) is 5.91. The molecule has 3 aliphatic rings. The molecule has 2 aromatic rings. The minimum absolute atomic E-state index is 0.156. The number of thiazole rings is 1. The van der Waals surface area contributed by atoms with Gasteiger partial charge in [-0.25, -0.2) is 13.8 Å². The number of carboxylic acids is 1. The molecule has 2 saturated heterocycles. The van der Waals surface area contributed by atoms with Gasteiger partial charge < -0.3 is 19.6 Å². The average Bonchev–Trinajstić information content (AvgIpc) is 3.49. The predicted octanol–water partition coefficient (Wildman–Crippen LogP) is 5.97. The third kappa shape index (κ3) is 6.22. The second-order valence-corrected chi connectivity index (χ2v) is 12.3. The Hall–Kier alpha value is -3.53. The van der Waals surface area contributed by atoms with Crippen molar-refractivity contribution in [2.24, 2.45) is 17.8 Å². The van der Waals surface area contributed by atoms with Gasteiger partial charge in [0.25, 0.3) is 5.92 Å². The highest BCUT2D eigenvalue weighted by Gasteiger charge is 2.47. The average molecular weight is 584 g/mol. The number of alkyl halides is 2. The molecule has 1 unspecified atom stereocenters.